The van der Waals surface area contributed by atoms with Gasteiger partial charge in [-0.15, -0.1) is 11.3 Å². The van der Waals surface area contributed by atoms with Crippen LogP contribution in [0.15, 0.2) is 29.6 Å². The first kappa shape index (κ1) is 17.3. The number of aromatic nitrogens is 1. The summed E-state index contributed by atoms with van der Waals surface area (Å²) in [6, 6.07) is 7.07. The Morgan fingerprint density at radius 3 is 2.52 bits per heavy atom. The normalized spacial score (nSPS) is 12.7. The molecule has 0 fully saturated rings. The smallest absolute Gasteiger partial charge is 0.434 e. The van der Waals surface area contributed by atoms with E-state index in [1.54, 1.807) is 31.2 Å². The molecule has 0 saturated carbocycles. The van der Waals surface area contributed by atoms with Crippen molar-refractivity contribution < 1.29 is 22.7 Å². The van der Waals surface area contributed by atoms with Crippen molar-refractivity contribution in [2.24, 2.45) is 5.92 Å². The number of carbonyl (C=O) groups excluding carboxylic acids is 1. The largest absolute Gasteiger partial charge is 0.469 e. The molecule has 0 bridgehead atoms. The lowest BCUT2D eigenvalue weighted by atomic mass is 10.0. The SMILES string of the molecule is COC(=O)C(C)Cc1ccc(Nc2nc(C(F)(F)F)cs2)cc1. The van der Waals surface area contributed by atoms with Gasteiger partial charge in [-0.2, -0.15) is 13.2 Å². The summed E-state index contributed by atoms with van der Waals surface area (Å²) in [6.07, 6.45) is -3.91. The number of methoxy groups -OCH3 is 1. The number of carbonyl (C=O) groups is 1. The minimum Gasteiger partial charge on any atom is -0.469 e. The molecule has 1 atom stereocenters. The molecule has 0 amide bonds. The van der Waals surface area contributed by atoms with E-state index in [2.05, 4.69) is 15.0 Å². The zero-order valence-corrected chi connectivity index (χ0v) is 13.3. The molecule has 0 aliphatic rings. The molecule has 2 rings (SSSR count). The highest BCUT2D eigenvalue weighted by atomic mass is 32.1. The maximum Gasteiger partial charge on any atom is 0.434 e. The van der Waals surface area contributed by atoms with Gasteiger partial charge in [0.05, 0.1) is 13.0 Å². The molecular weight excluding hydrogens is 329 g/mol. The fraction of sp³-hybridized carbons (Fsp3) is 0.333. The minimum absolute atomic E-state index is 0.174. The number of benzene rings is 1. The zero-order valence-electron chi connectivity index (χ0n) is 12.5. The molecule has 1 aromatic carbocycles. The van der Waals surface area contributed by atoms with Crippen LogP contribution < -0.4 is 5.32 Å². The van der Waals surface area contributed by atoms with Crippen molar-refractivity contribution in [1.29, 1.82) is 0 Å². The number of hydrogen-bond acceptors (Lipinski definition) is 5. The van der Waals surface area contributed by atoms with Crippen molar-refractivity contribution in [2.45, 2.75) is 19.5 Å². The quantitative estimate of drug-likeness (QED) is 0.824. The summed E-state index contributed by atoms with van der Waals surface area (Å²) in [5.74, 6) is -0.540. The van der Waals surface area contributed by atoms with Crippen molar-refractivity contribution in [3.05, 3.63) is 40.9 Å². The van der Waals surface area contributed by atoms with Gasteiger partial charge in [-0.1, -0.05) is 19.1 Å². The van der Waals surface area contributed by atoms with E-state index in [0.29, 0.717) is 12.1 Å². The number of alkyl halides is 3. The van der Waals surface area contributed by atoms with Crippen molar-refractivity contribution >= 4 is 28.1 Å². The van der Waals surface area contributed by atoms with Crippen LogP contribution in [-0.4, -0.2) is 18.1 Å². The van der Waals surface area contributed by atoms with Crippen LogP contribution in [0.2, 0.25) is 0 Å². The predicted octanol–water partition coefficient (Wildman–Crippen LogP) is 4.26. The topological polar surface area (TPSA) is 51.2 Å². The van der Waals surface area contributed by atoms with E-state index in [-0.39, 0.29) is 17.0 Å². The highest BCUT2D eigenvalue weighted by Gasteiger charge is 2.33. The number of nitrogens with one attached hydrogen (secondary N) is 1. The Morgan fingerprint density at radius 1 is 1.35 bits per heavy atom. The zero-order chi connectivity index (χ0) is 17.0. The van der Waals surface area contributed by atoms with Gasteiger partial charge in [0, 0.05) is 11.1 Å². The molecule has 23 heavy (non-hydrogen) atoms. The molecule has 1 unspecified atom stereocenters. The number of hydrogen-bond donors (Lipinski definition) is 1. The molecule has 0 aliphatic heterocycles. The van der Waals surface area contributed by atoms with Crippen molar-refractivity contribution in [3.8, 4) is 0 Å². The van der Waals surface area contributed by atoms with Crippen LogP contribution in [0.5, 0.6) is 0 Å². The molecule has 0 saturated heterocycles. The predicted molar refractivity (Wildman–Crippen MR) is 81.7 cm³/mol. The molecule has 8 heteroatoms. The molecule has 4 nitrogen and oxygen atoms in total. The summed E-state index contributed by atoms with van der Waals surface area (Å²) in [6.45, 7) is 1.77. The summed E-state index contributed by atoms with van der Waals surface area (Å²) in [5, 5.41) is 3.97. The summed E-state index contributed by atoms with van der Waals surface area (Å²) in [4.78, 5) is 14.9. The van der Waals surface area contributed by atoms with Crippen molar-refractivity contribution in [2.75, 3.05) is 12.4 Å². The number of ether oxygens (including phenoxy) is 1. The van der Waals surface area contributed by atoms with E-state index in [1.807, 2.05) is 0 Å². The van der Waals surface area contributed by atoms with E-state index in [0.717, 1.165) is 22.3 Å². The van der Waals surface area contributed by atoms with Crippen LogP contribution in [-0.2, 0) is 22.1 Å². The second-order valence-electron chi connectivity index (χ2n) is 4.99. The standard InChI is InChI=1S/C15H15F3N2O2S/c1-9(13(21)22-2)7-10-3-5-11(6-4-10)19-14-20-12(8-23-14)15(16,17)18/h3-6,8-9H,7H2,1-2H3,(H,19,20). The molecule has 124 valence electrons. The lowest BCUT2D eigenvalue weighted by Gasteiger charge is -2.10. The Hall–Kier alpha value is -2.09. The van der Waals surface area contributed by atoms with E-state index < -0.39 is 11.9 Å². The van der Waals surface area contributed by atoms with Crippen molar-refractivity contribution in [1.82, 2.24) is 4.98 Å². The van der Waals surface area contributed by atoms with Crippen LogP contribution in [0.3, 0.4) is 0 Å². The third kappa shape index (κ3) is 4.69. The monoisotopic (exact) mass is 344 g/mol. The van der Waals surface area contributed by atoms with E-state index in [1.165, 1.54) is 7.11 Å². The number of nitrogens with zero attached hydrogens (tertiary/aromatic N) is 1. The van der Waals surface area contributed by atoms with Crippen LogP contribution in [0.4, 0.5) is 24.0 Å². The first-order chi connectivity index (χ1) is 10.8. The van der Waals surface area contributed by atoms with Gasteiger partial charge in [-0.05, 0) is 24.1 Å². The third-order valence-corrected chi connectivity index (χ3v) is 3.90. The fourth-order valence-electron chi connectivity index (χ4n) is 1.95. The maximum absolute atomic E-state index is 12.5. The Kier molecular flexibility index (Phi) is 5.25. The Balaban J connectivity index is 2.00. The number of anilines is 2. The van der Waals surface area contributed by atoms with Gasteiger partial charge >= 0.3 is 12.1 Å². The van der Waals surface area contributed by atoms with Crippen LogP contribution in [0.1, 0.15) is 18.2 Å². The lowest BCUT2D eigenvalue weighted by molar-refractivity contribution is -0.144. The van der Waals surface area contributed by atoms with Gasteiger partial charge in [0.25, 0.3) is 0 Å². The van der Waals surface area contributed by atoms with Crippen molar-refractivity contribution in [3.63, 3.8) is 0 Å². The molecule has 0 spiro atoms. The van der Waals surface area contributed by atoms with Gasteiger partial charge in [0.1, 0.15) is 0 Å². The van der Waals surface area contributed by atoms with Gasteiger partial charge in [0.2, 0.25) is 0 Å². The number of halogens is 3. The molecule has 0 aliphatic carbocycles. The second kappa shape index (κ2) is 6.99. The molecule has 1 aromatic heterocycles. The van der Waals surface area contributed by atoms with Crippen LogP contribution in [0, 0.1) is 5.92 Å². The molecular formula is C15H15F3N2O2S. The Labute approximate surface area is 135 Å². The minimum atomic E-state index is -4.44. The lowest BCUT2D eigenvalue weighted by Crippen LogP contribution is -2.15. The summed E-state index contributed by atoms with van der Waals surface area (Å²) in [7, 11) is 1.34. The van der Waals surface area contributed by atoms with E-state index in [4.69, 9.17) is 0 Å². The summed E-state index contributed by atoms with van der Waals surface area (Å²) in [5.41, 5.74) is 0.652. The average Bonchev–Trinajstić information content (AvgIpc) is 2.97. The summed E-state index contributed by atoms with van der Waals surface area (Å²) < 4.78 is 42.1. The van der Waals surface area contributed by atoms with E-state index >= 15 is 0 Å². The molecule has 2 aromatic rings. The Morgan fingerprint density at radius 2 is 2.00 bits per heavy atom. The highest BCUT2D eigenvalue weighted by Crippen LogP contribution is 2.32. The second-order valence-corrected chi connectivity index (χ2v) is 5.84. The number of esters is 1. The molecule has 1 N–H and O–H groups in total. The summed E-state index contributed by atoms with van der Waals surface area (Å²) >= 11 is 0.890. The first-order valence-corrected chi connectivity index (χ1v) is 7.64. The van der Waals surface area contributed by atoms with Gasteiger partial charge in [-0.3, -0.25) is 4.79 Å². The number of thiazole rings is 1. The average molecular weight is 344 g/mol. The van der Waals surface area contributed by atoms with Crippen LogP contribution in [0.25, 0.3) is 0 Å². The van der Waals surface area contributed by atoms with Gasteiger partial charge < -0.3 is 10.1 Å². The third-order valence-electron chi connectivity index (χ3n) is 3.15. The van der Waals surface area contributed by atoms with Crippen LogP contribution >= 0.6 is 11.3 Å². The van der Waals surface area contributed by atoms with Gasteiger partial charge in [0.15, 0.2) is 10.8 Å². The highest BCUT2D eigenvalue weighted by molar-refractivity contribution is 7.13. The first-order valence-electron chi connectivity index (χ1n) is 6.76. The van der Waals surface area contributed by atoms with E-state index in [9.17, 15) is 18.0 Å². The maximum atomic E-state index is 12.5. The molecule has 0 radical (unpaired) electrons. The molecule has 1 heterocycles. The van der Waals surface area contributed by atoms with Gasteiger partial charge in [-0.25, -0.2) is 4.98 Å². The fourth-order valence-corrected chi connectivity index (χ4v) is 2.68. The Bertz CT molecular complexity index is 668. The number of rotatable bonds is 5.